The molecule has 0 aliphatic carbocycles. The number of ether oxygens (including phenoxy) is 2. The van der Waals surface area contributed by atoms with Gasteiger partial charge in [-0.1, -0.05) is 12.1 Å². The highest BCUT2D eigenvalue weighted by Crippen LogP contribution is 2.40. The summed E-state index contributed by atoms with van der Waals surface area (Å²) < 4.78 is 12.2. The average Bonchev–Trinajstić information content (AvgIpc) is 2.72. The summed E-state index contributed by atoms with van der Waals surface area (Å²) in [4.78, 5) is 23.7. The monoisotopic (exact) mass is 405 g/mol. The minimum Gasteiger partial charge on any atom is -0.496 e. The van der Waals surface area contributed by atoms with E-state index in [1.165, 1.54) is 5.56 Å². The lowest BCUT2D eigenvalue weighted by Gasteiger charge is -2.41. The van der Waals surface area contributed by atoms with Gasteiger partial charge < -0.3 is 30.1 Å². The Balaban J connectivity index is 1.67. The first kappa shape index (κ1) is 21.4. The number of amides is 2. The van der Waals surface area contributed by atoms with Crippen LogP contribution in [0.25, 0.3) is 0 Å². The zero-order valence-electron chi connectivity index (χ0n) is 17.1. The summed E-state index contributed by atoms with van der Waals surface area (Å²) in [5, 5.41) is 13.9. The number of likely N-dealkylation sites (tertiary alicyclic amines) is 1. The standard InChI is InChI=1S/C21H31N3O5/c1-14-3-4-16-17(20(14)28-2)11-18(29-19(16)12-22-13-25)15-5-8-24(9-6-15)10-7-23-21(26)27/h3-4,13,15,18-19,23H,5-12H2,1-2H3,(H,22,25)(H,26,27)/t18-,19-/m0/s1. The van der Waals surface area contributed by atoms with Crippen molar-refractivity contribution in [2.24, 2.45) is 5.92 Å². The Morgan fingerprint density at radius 3 is 2.79 bits per heavy atom. The highest BCUT2D eigenvalue weighted by atomic mass is 16.5. The molecule has 2 atom stereocenters. The molecule has 1 aromatic carbocycles. The van der Waals surface area contributed by atoms with Gasteiger partial charge in [0, 0.05) is 31.6 Å². The molecule has 0 saturated carbocycles. The molecule has 8 nitrogen and oxygen atoms in total. The van der Waals surface area contributed by atoms with Crippen LogP contribution in [0.3, 0.4) is 0 Å². The van der Waals surface area contributed by atoms with Crippen LogP contribution in [0.15, 0.2) is 12.1 Å². The highest BCUT2D eigenvalue weighted by molar-refractivity contribution is 5.64. The van der Waals surface area contributed by atoms with Crippen LogP contribution in [0.2, 0.25) is 0 Å². The van der Waals surface area contributed by atoms with E-state index >= 15 is 0 Å². The van der Waals surface area contributed by atoms with Crippen molar-refractivity contribution in [1.29, 1.82) is 0 Å². The number of piperidine rings is 1. The Morgan fingerprint density at radius 2 is 2.14 bits per heavy atom. The zero-order chi connectivity index (χ0) is 20.8. The summed E-state index contributed by atoms with van der Waals surface area (Å²) in [6, 6.07) is 4.12. The second kappa shape index (κ2) is 9.93. The van der Waals surface area contributed by atoms with Gasteiger partial charge in [0.2, 0.25) is 6.41 Å². The van der Waals surface area contributed by atoms with E-state index in [9.17, 15) is 9.59 Å². The normalized spacial score (nSPS) is 22.6. The van der Waals surface area contributed by atoms with Crippen LogP contribution in [0.4, 0.5) is 4.79 Å². The lowest BCUT2D eigenvalue weighted by atomic mass is 9.83. The Morgan fingerprint density at radius 1 is 1.38 bits per heavy atom. The third kappa shape index (κ3) is 5.19. The van der Waals surface area contributed by atoms with Crippen molar-refractivity contribution in [2.75, 3.05) is 39.8 Å². The van der Waals surface area contributed by atoms with Crippen LogP contribution in [-0.4, -0.2) is 68.4 Å². The number of aryl methyl sites for hydroxylation is 1. The van der Waals surface area contributed by atoms with Gasteiger partial charge in [-0.25, -0.2) is 4.79 Å². The molecule has 3 rings (SSSR count). The molecule has 1 fully saturated rings. The van der Waals surface area contributed by atoms with Gasteiger partial charge in [-0.15, -0.1) is 0 Å². The van der Waals surface area contributed by atoms with Crippen LogP contribution < -0.4 is 15.4 Å². The van der Waals surface area contributed by atoms with E-state index in [2.05, 4.69) is 21.6 Å². The summed E-state index contributed by atoms with van der Waals surface area (Å²) in [5.74, 6) is 1.35. The van der Waals surface area contributed by atoms with E-state index in [1.54, 1.807) is 7.11 Å². The molecule has 2 heterocycles. The zero-order valence-corrected chi connectivity index (χ0v) is 17.1. The molecule has 2 aliphatic rings. The maximum atomic E-state index is 10.8. The number of benzene rings is 1. The number of hydrogen-bond acceptors (Lipinski definition) is 5. The lowest BCUT2D eigenvalue weighted by molar-refractivity contribution is -0.111. The van der Waals surface area contributed by atoms with Crippen LogP contribution in [0.1, 0.15) is 35.6 Å². The fourth-order valence-corrected chi connectivity index (χ4v) is 4.55. The van der Waals surface area contributed by atoms with Crippen LogP contribution in [-0.2, 0) is 16.0 Å². The van der Waals surface area contributed by atoms with Crippen molar-refractivity contribution in [3.63, 3.8) is 0 Å². The topological polar surface area (TPSA) is 100 Å². The molecule has 0 bridgehead atoms. The minimum atomic E-state index is -0.978. The van der Waals surface area contributed by atoms with Gasteiger partial charge in [0.1, 0.15) is 11.9 Å². The fourth-order valence-electron chi connectivity index (χ4n) is 4.55. The largest absolute Gasteiger partial charge is 0.496 e. The number of methoxy groups -OCH3 is 1. The number of nitrogens with one attached hydrogen (secondary N) is 2. The van der Waals surface area contributed by atoms with E-state index in [-0.39, 0.29) is 12.2 Å². The maximum absolute atomic E-state index is 10.8. The van der Waals surface area contributed by atoms with Crippen molar-refractivity contribution >= 4 is 12.5 Å². The second-order valence-corrected chi connectivity index (χ2v) is 7.79. The SMILES string of the molecule is COc1c(C)ccc2c1C[C@@H](C1CCN(CCNC(=O)O)CC1)O[C@H]2CNC=O. The molecular weight excluding hydrogens is 374 g/mol. The summed E-state index contributed by atoms with van der Waals surface area (Å²) in [7, 11) is 1.70. The Hall–Kier alpha value is -2.32. The quantitative estimate of drug-likeness (QED) is 0.570. The Labute approximate surface area is 171 Å². The third-order valence-electron chi connectivity index (χ3n) is 6.04. The smallest absolute Gasteiger partial charge is 0.404 e. The van der Waals surface area contributed by atoms with Crippen LogP contribution in [0.5, 0.6) is 5.75 Å². The van der Waals surface area contributed by atoms with Crippen LogP contribution >= 0.6 is 0 Å². The molecule has 0 aromatic heterocycles. The summed E-state index contributed by atoms with van der Waals surface area (Å²) in [6.07, 6.45) is 2.46. The number of fused-ring (bicyclic) bond motifs is 1. The minimum absolute atomic E-state index is 0.0796. The van der Waals surface area contributed by atoms with E-state index in [0.29, 0.717) is 25.4 Å². The van der Waals surface area contributed by atoms with Gasteiger partial charge in [-0.2, -0.15) is 0 Å². The number of carboxylic acid groups (broad SMARTS) is 1. The van der Waals surface area contributed by atoms with Gasteiger partial charge in [-0.3, -0.25) is 4.79 Å². The van der Waals surface area contributed by atoms with Gasteiger partial charge >= 0.3 is 6.09 Å². The van der Waals surface area contributed by atoms with Gasteiger partial charge in [0.25, 0.3) is 0 Å². The number of carbonyl (C=O) groups is 2. The van der Waals surface area contributed by atoms with E-state index in [1.807, 2.05) is 13.0 Å². The first-order valence-electron chi connectivity index (χ1n) is 10.2. The predicted octanol–water partition coefficient (Wildman–Crippen LogP) is 1.71. The average molecular weight is 405 g/mol. The van der Waals surface area contributed by atoms with Gasteiger partial charge in [0.15, 0.2) is 0 Å². The van der Waals surface area contributed by atoms with Crippen molar-refractivity contribution < 1.29 is 24.2 Å². The van der Waals surface area contributed by atoms with Crippen LogP contribution in [0, 0.1) is 12.8 Å². The molecule has 2 amide bonds. The molecule has 0 radical (unpaired) electrons. The van der Waals surface area contributed by atoms with E-state index in [0.717, 1.165) is 55.8 Å². The van der Waals surface area contributed by atoms with Crippen molar-refractivity contribution in [3.05, 3.63) is 28.8 Å². The highest BCUT2D eigenvalue weighted by Gasteiger charge is 2.36. The molecule has 2 aliphatic heterocycles. The molecule has 1 saturated heterocycles. The van der Waals surface area contributed by atoms with Gasteiger partial charge in [-0.05, 0) is 49.9 Å². The third-order valence-corrected chi connectivity index (χ3v) is 6.04. The number of rotatable bonds is 8. The first-order chi connectivity index (χ1) is 14.0. The number of hydrogen-bond donors (Lipinski definition) is 3. The fraction of sp³-hybridized carbons (Fsp3) is 0.619. The Kier molecular flexibility index (Phi) is 7.33. The van der Waals surface area contributed by atoms with Crippen molar-refractivity contribution in [1.82, 2.24) is 15.5 Å². The Bertz CT molecular complexity index is 719. The molecule has 160 valence electrons. The first-order valence-corrected chi connectivity index (χ1v) is 10.2. The number of nitrogens with zero attached hydrogens (tertiary/aromatic N) is 1. The van der Waals surface area contributed by atoms with E-state index in [4.69, 9.17) is 14.6 Å². The predicted molar refractivity (Wildman–Crippen MR) is 108 cm³/mol. The summed E-state index contributed by atoms with van der Waals surface area (Å²) >= 11 is 0. The number of carbonyl (C=O) groups excluding carboxylic acids is 1. The molecule has 29 heavy (non-hydrogen) atoms. The summed E-state index contributed by atoms with van der Waals surface area (Å²) in [6.45, 7) is 5.53. The molecule has 3 N–H and O–H groups in total. The van der Waals surface area contributed by atoms with E-state index < -0.39 is 6.09 Å². The molecule has 0 spiro atoms. The molecule has 0 unspecified atom stereocenters. The maximum Gasteiger partial charge on any atom is 0.404 e. The molecule has 8 heteroatoms. The lowest BCUT2D eigenvalue weighted by Crippen LogP contribution is -2.44. The van der Waals surface area contributed by atoms with Crippen molar-refractivity contribution in [3.8, 4) is 5.75 Å². The summed E-state index contributed by atoms with van der Waals surface area (Å²) in [5.41, 5.74) is 3.39. The molecular formula is C21H31N3O5. The van der Waals surface area contributed by atoms with Gasteiger partial charge in [0.05, 0.1) is 13.2 Å². The second-order valence-electron chi connectivity index (χ2n) is 7.79. The molecule has 1 aromatic rings. The van der Waals surface area contributed by atoms with Crippen molar-refractivity contribution in [2.45, 2.75) is 38.4 Å².